The summed E-state index contributed by atoms with van der Waals surface area (Å²) >= 11 is 3.49. The van der Waals surface area contributed by atoms with Crippen LogP contribution in [0.4, 0.5) is 0 Å². The van der Waals surface area contributed by atoms with Gasteiger partial charge in [-0.15, -0.1) is 0 Å². The van der Waals surface area contributed by atoms with Crippen molar-refractivity contribution in [3.05, 3.63) is 34.8 Å². The highest BCUT2D eigenvalue weighted by atomic mass is 79.9. The van der Waals surface area contributed by atoms with Crippen LogP contribution in [-0.2, 0) is 0 Å². The van der Waals surface area contributed by atoms with Gasteiger partial charge in [0.2, 0.25) is 0 Å². The van der Waals surface area contributed by atoms with Gasteiger partial charge in [-0.3, -0.25) is 0 Å². The van der Waals surface area contributed by atoms with Crippen LogP contribution in [0.3, 0.4) is 0 Å². The Bertz CT molecular complexity index is 626. The summed E-state index contributed by atoms with van der Waals surface area (Å²) in [5.74, 6) is 2.07. The van der Waals surface area contributed by atoms with Crippen LogP contribution in [0.2, 0.25) is 0 Å². The second kappa shape index (κ2) is 6.05. The zero-order chi connectivity index (χ0) is 14.7. The molecule has 106 valence electrons. The third-order valence-corrected chi connectivity index (χ3v) is 3.58. The van der Waals surface area contributed by atoms with Crippen LogP contribution in [-0.4, -0.2) is 26.4 Å². The Morgan fingerprint density at radius 1 is 0.900 bits per heavy atom. The van der Waals surface area contributed by atoms with E-state index in [1.807, 2.05) is 6.07 Å². The van der Waals surface area contributed by atoms with Gasteiger partial charge in [0.1, 0.15) is 23.0 Å². The largest absolute Gasteiger partial charge is 0.507 e. The second-order valence-corrected chi connectivity index (χ2v) is 4.92. The van der Waals surface area contributed by atoms with Crippen LogP contribution in [0.5, 0.6) is 23.0 Å². The lowest BCUT2D eigenvalue weighted by atomic mass is 10.0. The van der Waals surface area contributed by atoms with Crippen molar-refractivity contribution < 1.29 is 19.3 Å². The molecule has 1 N–H and O–H groups in total. The van der Waals surface area contributed by atoms with Crippen LogP contribution >= 0.6 is 15.9 Å². The highest BCUT2D eigenvalue weighted by molar-refractivity contribution is 9.10. The summed E-state index contributed by atoms with van der Waals surface area (Å²) in [5, 5.41) is 10.1. The maximum atomic E-state index is 10.1. The first-order valence-electron chi connectivity index (χ1n) is 5.89. The molecule has 0 saturated carbocycles. The number of phenolic OH excluding ortho intramolecular Hbond substituents is 1. The lowest BCUT2D eigenvalue weighted by Crippen LogP contribution is -1.93. The molecule has 0 aromatic heterocycles. The highest BCUT2D eigenvalue weighted by Gasteiger charge is 2.16. The van der Waals surface area contributed by atoms with Gasteiger partial charge in [0.15, 0.2) is 0 Å². The van der Waals surface area contributed by atoms with E-state index in [4.69, 9.17) is 14.2 Å². The average molecular weight is 339 g/mol. The summed E-state index contributed by atoms with van der Waals surface area (Å²) in [7, 11) is 4.74. The van der Waals surface area contributed by atoms with Gasteiger partial charge in [-0.05, 0) is 40.2 Å². The van der Waals surface area contributed by atoms with E-state index in [1.165, 1.54) is 0 Å². The Labute approximate surface area is 126 Å². The molecule has 2 rings (SSSR count). The van der Waals surface area contributed by atoms with Crippen molar-refractivity contribution in [3.8, 4) is 34.1 Å². The Morgan fingerprint density at radius 2 is 1.60 bits per heavy atom. The molecule has 0 unspecified atom stereocenters. The number of phenols is 1. The van der Waals surface area contributed by atoms with Gasteiger partial charge in [-0.2, -0.15) is 0 Å². The molecule has 0 radical (unpaired) electrons. The van der Waals surface area contributed by atoms with Gasteiger partial charge in [-0.1, -0.05) is 0 Å². The molecule has 5 heteroatoms. The minimum absolute atomic E-state index is 0.148. The van der Waals surface area contributed by atoms with Crippen molar-refractivity contribution in [2.45, 2.75) is 0 Å². The average Bonchev–Trinajstić information content (AvgIpc) is 2.47. The maximum absolute atomic E-state index is 10.1. The van der Waals surface area contributed by atoms with Crippen LogP contribution in [0.1, 0.15) is 0 Å². The van der Waals surface area contributed by atoms with Gasteiger partial charge in [0, 0.05) is 21.7 Å². The van der Waals surface area contributed by atoms with E-state index in [2.05, 4.69) is 15.9 Å². The minimum Gasteiger partial charge on any atom is -0.507 e. The summed E-state index contributed by atoms with van der Waals surface area (Å²) in [4.78, 5) is 0. The van der Waals surface area contributed by atoms with Crippen molar-refractivity contribution in [1.82, 2.24) is 0 Å². The highest BCUT2D eigenvalue weighted by Crippen LogP contribution is 2.44. The van der Waals surface area contributed by atoms with E-state index in [9.17, 15) is 5.11 Å². The van der Waals surface area contributed by atoms with Gasteiger partial charge >= 0.3 is 0 Å². The van der Waals surface area contributed by atoms with Crippen molar-refractivity contribution in [2.75, 3.05) is 21.3 Å². The third-order valence-electron chi connectivity index (χ3n) is 2.96. The Balaban J connectivity index is 2.68. The van der Waals surface area contributed by atoms with E-state index in [1.54, 1.807) is 45.6 Å². The molecule has 4 nitrogen and oxygen atoms in total. The molecule has 20 heavy (non-hydrogen) atoms. The Morgan fingerprint density at radius 3 is 2.20 bits per heavy atom. The number of ether oxygens (including phenoxy) is 3. The van der Waals surface area contributed by atoms with E-state index in [-0.39, 0.29) is 5.75 Å². The Hall–Kier alpha value is -1.88. The van der Waals surface area contributed by atoms with Crippen LogP contribution in [0.25, 0.3) is 11.1 Å². The first-order chi connectivity index (χ1) is 9.60. The molecule has 0 bridgehead atoms. The smallest absolute Gasteiger partial charge is 0.131 e. The molecule has 0 amide bonds. The molecule has 0 atom stereocenters. The fourth-order valence-electron chi connectivity index (χ4n) is 1.94. The fraction of sp³-hybridized carbons (Fsp3) is 0.200. The monoisotopic (exact) mass is 338 g/mol. The molecular formula is C15H15BrO4. The van der Waals surface area contributed by atoms with E-state index in [0.29, 0.717) is 22.8 Å². The van der Waals surface area contributed by atoms with Crippen molar-refractivity contribution in [1.29, 1.82) is 0 Å². The fourth-order valence-corrected chi connectivity index (χ4v) is 2.57. The standard InChI is InChI=1S/C15H15BrO4/c1-18-9-4-5-13(17)11(6-9)15-12(16)7-10(19-2)8-14(15)20-3/h4-8,17H,1-3H3. The van der Waals surface area contributed by atoms with E-state index >= 15 is 0 Å². The lowest BCUT2D eigenvalue weighted by Gasteiger charge is -2.15. The number of aromatic hydroxyl groups is 1. The quantitative estimate of drug-likeness (QED) is 0.919. The van der Waals surface area contributed by atoms with Crippen molar-refractivity contribution >= 4 is 15.9 Å². The predicted octanol–water partition coefficient (Wildman–Crippen LogP) is 3.85. The summed E-state index contributed by atoms with van der Waals surface area (Å²) in [6, 6.07) is 8.62. The summed E-state index contributed by atoms with van der Waals surface area (Å²) < 4.78 is 16.6. The third kappa shape index (κ3) is 2.67. The molecule has 0 saturated heterocycles. The van der Waals surface area contributed by atoms with Crippen LogP contribution in [0, 0.1) is 0 Å². The predicted molar refractivity (Wildman–Crippen MR) is 80.9 cm³/mol. The lowest BCUT2D eigenvalue weighted by molar-refractivity contribution is 0.394. The van der Waals surface area contributed by atoms with Gasteiger partial charge < -0.3 is 19.3 Å². The van der Waals surface area contributed by atoms with Gasteiger partial charge in [-0.25, -0.2) is 0 Å². The minimum atomic E-state index is 0.148. The summed E-state index contributed by atoms with van der Waals surface area (Å²) in [5.41, 5.74) is 1.36. The molecule has 0 aliphatic heterocycles. The van der Waals surface area contributed by atoms with E-state index < -0.39 is 0 Å². The number of hydrogen-bond acceptors (Lipinski definition) is 4. The number of hydrogen-bond donors (Lipinski definition) is 1. The topological polar surface area (TPSA) is 47.9 Å². The van der Waals surface area contributed by atoms with Crippen molar-refractivity contribution in [3.63, 3.8) is 0 Å². The molecule has 0 heterocycles. The molecule has 0 fully saturated rings. The number of methoxy groups -OCH3 is 3. The first kappa shape index (κ1) is 14.5. The zero-order valence-corrected chi connectivity index (χ0v) is 13.0. The molecule has 2 aromatic rings. The molecular weight excluding hydrogens is 324 g/mol. The Kier molecular flexibility index (Phi) is 4.39. The van der Waals surface area contributed by atoms with Crippen LogP contribution < -0.4 is 14.2 Å². The molecule has 0 aliphatic rings. The summed E-state index contributed by atoms with van der Waals surface area (Å²) in [6.45, 7) is 0. The maximum Gasteiger partial charge on any atom is 0.131 e. The van der Waals surface area contributed by atoms with E-state index in [0.717, 1.165) is 10.0 Å². The van der Waals surface area contributed by atoms with Crippen LogP contribution in [0.15, 0.2) is 34.8 Å². The number of halogens is 1. The first-order valence-corrected chi connectivity index (χ1v) is 6.69. The normalized spacial score (nSPS) is 10.2. The number of benzene rings is 2. The molecule has 2 aromatic carbocycles. The van der Waals surface area contributed by atoms with Gasteiger partial charge in [0.25, 0.3) is 0 Å². The zero-order valence-electron chi connectivity index (χ0n) is 11.4. The van der Waals surface area contributed by atoms with Crippen molar-refractivity contribution in [2.24, 2.45) is 0 Å². The number of rotatable bonds is 4. The molecule has 0 aliphatic carbocycles. The summed E-state index contributed by atoms with van der Waals surface area (Å²) in [6.07, 6.45) is 0. The SMILES string of the molecule is COc1cc(Br)c(-c2cc(OC)ccc2O)c(OC)c1. The van der Waals surface area contributed by atoms with Gasteiger partial charge in [0.05, 0.1) is 21.3 Å². The molecule has 0 spiro atoms. The second-order valence-electron chi connectivity index (χ2n) is 4.07.